The summed E-state index contributed by atoms with van der Waals surface area (Å²) in [4.78, 5) is 4.23. The Morgan fingerprint density at radius 2 is 2.08 bits per heavy atom. The molecule has 0 atom stereocenters. The molecule has 1 aromatic heterocycles. The van der Waals surface area contributed by atoms with Crippen LogP contribution < -0.4 is 0 Å². The molecular weight excluding hydrogens is 166 g/mol. The molecule has 59 valence electrons. The summed E-state index contributed by atoms with van der Waals surface area (Å²) in [7, 11) is 0. The summed E-state index contributed by atoms with van der Waals surface area (Å²) in [6.45, 7) is 3.94. The minimum Gasteiger partial charge on any atom is -0.245 e. The van der Waals surface area contributed by atoms with Gasteiger partial charge in [-0.25, -0.2) is 4.98 Å². The predicted octanol–water partition coefficient (Wildman–Crippen LogP) is 2.99. The smallest absolute Gasteiger partial charge is 0.123 e. The van der Waals surface area contributed by atoms with E-state index >= 15 is 0 Å². The minimum atomic E-state index is 1.03. The van der Waals surface area contributed by atoms with Crippen LogP contribution in [0.4, 0.5) is 0 Å². The van der Waals surface area contributed by atoms with Crippen LogP contribution in [0.5, 0.6) is 0 Å². The van der Waals surface area contributed by atoms with Crippen LogP contribution in [-0.4, -0.2) is 4.98 Å². The molecule has 2 aromatic rings. The van der Waals surface area contributed by atoms with Crippen LogP contribution in [0.25, 0.3) is 10.6 Å². The van der Waals surface area contributed by atoms with Gasteiger partial charge in [0.15, 0.2) is 0 Å². The Bertz CT molecular complexity index is 365. The van der Waals surface area contributed by atoms with Gasteiger partial charge in [-0.2, -0.15) is 0 Å². The molecule has 1 aromatic carbocycles. The first-order chi connectivity index (χ1) is 5.88. The van der Waals surface area contributed by atoms with Crippen molar-refractivity contribution in [2.75, 3.05) is 0 Å². The highest BCUT2D eigenvalue weighted by molar-refractivity contribution is 7.13. The van der Waals surface area contributed by atoms with E-state index in [1.807, 2.05) is 35.8 Å². The van der Waals surface area contributed by atoms with E-state index < -0.39 is 0 Å². The van der Waals surface area contributed by atoms with Crippen LogP contribution in [0.1, 0.15) is 5.56 Å². The third kappa shape index (κ3) is 1.25. The third-order valence-electron chi connectivity index (χ3n) is 1.68. The molecule has 0 aliphatic rings. The fourth-order valence-electron chi connectivity index (χ4n) is 1.09. The van der Waals surface area contributed by atoms with Crippen molar-refractivity contribution in [2.45, 2.75) is 0 Å². The minimum absolute atomic E-state index is 1.03. The van der Waals surface area contributed by atoms with E-state index in [9.17, 15) is 0 Å². The maximum atomic E-state index is 4.23. The van der Waals surface area contributed by atoms with Crippen LogP contribution in [0.3, 0.4) is 0 Å². The number of hydrogen-bond acceptors (Lipinski definition) is 2. The molecule has 0 aliphatic carbocycles. The molecule has 0 aliphatic heterocycles. The average Bonchev–Trinajstić information content (AvgIpc) is 2.57. The lowest BCUT2D eigenvalue weighted by atomic mass is 10.1. The summed E-state index contributed by atoms with van der Waals surface area (Å²) in [5, 5.41) is 3.02. The molecule has 2 rings (SSSR count). The quantitative estimate of drug-likeness (QED) is 0.647. The van der Waals surface area contributed by atoms with Crippen molar-refractivity contribution in [2.24, 2.45) is 0 Å². The van der Waals surface area contributed by atoms with E-state index in [0.29, 0.717) is 0 Å². The molecule has 0 spiro atoms. The number of thiazole rings is 1. The van der Waals surface area contributed by atoms with Gasteiger partial charge in [0.1, 0.15) is 5.01 Å². The highest BCUT2D eigenvalue weighted by atomic mass is 32.1. The monoisotopic (exact) mass is 174 g/mol. The molecular formula is C10H8NS. The Balaban J connectivity index is 2.55. The van der Waals surface area contributed by atoms with Crippen LogP contribution in [0, 0.1) is 6.92 Å². The van der Waals surface area contributed by atoms with Crippen molar-refractivity contribution >= 4 is 11.3 Å². The Kier molecular flexibility index (Phi) is 1.92. The molecule has 0 bridgehead atoms. The summed E-state index contributed by atoms with van der Waals surface area (Å²) < 4.78 is 0. The van der Waals surface area contributed by atoms with Crippen molar-refractivity contribution in [3.8, 4) is 10.6 Å². The Morgan fingerprint density at radius 3 is 2.75 bits per heavy atom. The molecule has 0 unspecified atom stereocenters. The predicted molar refractivity (Wildman–Crippen MR) is 52.0 cm³/mol. The molecule has 0 fully saturated rings. The molecule has 1 radical (unpaired) electrons. The van der Waals surface area contributed by atoms with Crippen molar-refractivity contribution in [1.29, 1.82) is 0 Å². The molecule has 0 amide bonds. The fraction of sp³-hybridized carbons (Fsp3) is 0. The molecule has 1 nitrogen and oxygen atoms in total. The van der Waals surface area contributed by atoms with Gasteiger partial charge in [0.2, 0.25) is 0 Å². The van der Waals surface area contributed by atoms with Gasteiger partial charge in [-0.3, -0.25) is 0 Å². The molecule has 2 heteroatoms. The first kappa shape index (κ1) is 7.50. The summed E-state index contributed by atoms with van der Waals surface area (Å²) in [5.41, 5.74) is 2.17. The molecule has 0 saturated carbocycles. The zero-order valence-electron chi connectivity index (χ0n) is 6.53. The van der Waals surface area contributed by atoms with E-state index in [1.54, 1.807) is 11.3 Å². The lowest BCUT2D eigenvalue weighted by molar-refractivity contribution is 1.40. The second-order valence-electron chi connectivity index (χ2n) is 2.49. The lowest BCUT2D eigenvalue weighted by Gasteiger charge is -1.99. The lowest BCUT2D eigenvalue weighted by Crippen LogP contribution is -1.79. The summed E-state index contributed by atoms with van der Waals surface area (Å²) in [5.74, 6) is 0. The zero-order chi connectivity index (χ0) is 8.39. The van der Waals surface area contributed by atoms with Crippen molar-refractivity contribution in [3.63, 3.8) is 0 Å². The Morgan fingerprint density at radius 1 is 1.25 bits per heavy atom. The van der Waals surface area contributed by atoms with E-state index in [1.165, 1.54) is 0 Å². The fourth-order valence-corrected chi connectivity index (χ4v) is 1.78. The maximum Gasteiger partial charge on any atom is 0.123 e. The number of nitrogens with zero attached hydrogens (tertiary/aromatic N) is 1. The summed E-state index contributed by atoms with van der Waals surface area (Å²) >= 11 is 1.64. The van der Waals surface area contributed by atoms with Crippen LogP contribution in [0.2, 0.25) is 0 Å². The topological polar surface area (TPSA) is 12.9 Å². The van der Waals surface area contributed by atoms with Gasteiger partial charge >= 0.3 is 0 Å². The zero-order valence-corrected chi connectivity index (χ0v) is 7.34. The van der Waals surface area contributed by atoms with E-state index in [2.05, 4.69) is 11.9 Å². The molecule has 12 heavy (non-hydrogen) atoms. The van der Waals surface area contributed by atoms with Gasteiger partial charge in [0.25, 0.3) is 0 Å². The third-order valence-corrected chi connectivity index (χ3v) is 2.49. The highest BCUT2D eigenvalue weighted by Crippen LogP contribution is 2.24. The largest absolute Gasteiger partial charge is 0.245 e. The maximum absolute atomic E-state index is 4.23. The first-order valence-electron chi connectivity index (χ1n) is 3.69. The SMILES string of the molecule is [CH2]c1ccccc1-c1nccs1. The molecule has 1 heterocycles. The van der Waals surface area contributed by atoms with E-state index in [0.717, 1.165) is 16.1 Å². The Labute approximate surface area is 75.7 Å². The summed E-state index contributed by atoms with van der Waals surface area (Å²) in [6.07, 6.45) is 1.81. The number of hydrogen-bond donors (Lipinski definition) is 0. The first-order valence-corrected chi connectivity index (χ1v) is 4.57. The van der Waals surface area contributed by atoms with Gasteiger partial charge in [0, 0.05) is 17.1 Å². The van der Waals surface area contributed by atoms with Crippen LogP contribution in [0.15, 0.2) is 35.8 Å². The highest BCUT2D eigenvalue weighted by Gasteiger charge is 2.01. The van der Waals surface area contributed by atoms with Gasteiger partial charge in [-0.1, -0.05) is 24.3 Å². The second kappa shape index (κ2) is 3.07. The van der Waals surface area contributed by atoms with Crippen LogP contribution in [-0.2, 0) is 0 Å². The van der Waals surface area contributed by atoms with E-state index in [4.69, 9.17) is 0 Å². The standard InChI is InChI=1S/C10H8NS/c1-8-4-2-3-5-9(8)10-11-6-7-12-10/h2-7H,1H2. The second-order valence-corrected chi connectivity index (χ2v) is 3.39. The van der Waals surface area contributed by atoms with Crippen LogP contribution >= 0.6 is 11.3 Å². The average molecular weight is 174 g/mol. The molecule has 0 saturated heterocycles. The molecule has 0 N–H and O–H groups in total. The number of rotatable bonds is 1. The van der Waals surface area contributed by atoms with Gasteiger partial charge in [-0.15, -0.1) is 11.3 Å². The van der Waals surface area contributed by atoms with Crippen molar-refractivity contribution in [3.05, 3.63) is 48.3 Å². The van der Waals surface area contributed by atoms with Crippen molar-refractivity contribution in [1.82, 2.24) is 4.98 Å². The Hall–Kier alpha value is -1.15. The van der Waals surface area contributed by atoms with Crippen molar-refractivity contribution < 1.29 is 0 Å². The van der Waals surface area contributed by atoms with Gasteiger partial charge < -0.3 is 0 Å². The number of aromatic nitrogens is 1. The van der Waals surface area contributed by atoms with E-state index in [-0.39, 0.29) is 0 Å². The normalized spacial score (nSPS) is 10.1. The van der Waals surface area contributed by atoms with Gasteiger partial charge in [0.05, 0.1) is 0 Å². The number of benzene rings is 1. The summed E-state index contributed by atoms with van der Waals surface area (Å²) in [6, 6.07) is 8.03. The van der Waals surface area contributed by atoms with Gasteiger partial charge in [-0.05, 0) is 12.5 Å².